The van der Waals surface area contributed by atoms with Gasteiger partial charge in [0.2, 0.25) is 0 Å². The van der Waals surface area contributed by atoms with Crippen LogP contribution in [0.3, 0.4) is 0 Å². The van der Waals surface area contributed by atoms with Gasteiger partial charge in [-0.15, -0.1) is 0 Å². The summed E-state index contributed by atoms with van der Waals surface area (Å²) in [7, 11) is 0. The summed E-state index contributed by atoms with van der Waals surface area (Å²) >= 11 is 0. The fraction of sp³-hybridized carbons (Fsp3) is 0.625. The van der Waals surface area contributed by atoms with Crippen molar-refractivity contribution in [2.45, 2.75) is 20.3 Å². The minimum atomic E-state index is 0.658. The zero-order valence-electron chi connectivity index (χ0n) is 7.67. The number of hydrogen-bond donors (Lipinski definition) is 2. The standard InChI is InChI=1S/C8H16N4/c1-3-5-12(4-2)7-6-10-11-8(7)9/h6H,3-5H2,1-2H3,(H3,9,10,11). The number of nitrogens with zero attached hydrogens (tertiary/aromatic N) is 2. The topological polar surface area (TPSA) is 57.9 Å². The number of aromatic nitrogens is 2. The Morgan fingerprint density at radius 2 is 2.33 bits per heavy atom. The van der Waals surface area contributed by atoms with E-state index in [1.165, 1.54) is 0 Å². The van der Waals surface area contributed by atoms with E-state index in [-0.39, 0.29) is 0 Å². The van der Waals surface area contributed by atoms with Crippen LogP contribution in [-0.2, 0) is 0 Å². The maximum absolute atomic E-state index is 5.69. The third-order valence-corrected chi connectivity index (χ3v) is 1.86. The average molecular weight is 168 g/mol. The van der Waals surface area contributed by atoms with E-state index in [0.29, 0.717) is 5.82 Å². The molecule has 4 heteroatoms. The normalized spacial score (nSPS) is 10.2. The molecule has 0 amide bonds. The third-order valence-electron chi connectivity index (χ3n) is 1.86. The molecule has 1 rings (SSSR count). The summed E-state index contributed by atoms with van der Waals surface area (Å²) in [5.74, 6) is 0.658. The highest BCUT2D eigenvalue weighted by atomic mass is 15.2. The van der Waals surface area contributed by atoms with Crippen LogP contribution in [0.1, 0.15) is 20.3 Å². The predicted molar refractivity (Wildman–Crippen MR) is 51.2 cm³/mol. The highest BCUT2D eigenvalue weighted by molar-refractivity contribution is 5.61. The molecular formula is C8H16N4. The lowest BCUT2D eigenvalue weighted by Crippen LogP contribution is -2.23. The van der Waals surface area contributed by atoms with Gasteiger partial charge < -0.3 is 10.6 Å². The molecule has 0 atom stereocenters. The van der Waals surface area contributed by atoms with E-state index in [9.17, 15) is 0 Å². The van der Waals surface area contributed by atoms with E-state index in [1.807, 2.05) is 0 Å². The van der Waals surface area contributed by atoms with Crippen LogP contribution in [0.5, 0.6) is 0 Å². The number of nitrogens with one attached hydrogen (secondary N) is 1. The van der Waals surface area contributed by atoms with Crippen molar-refractivity contribution in [2.24, 2.45) is 0 Å². The molecule has 0 aliphatic rings. The minimum absolute atomic E-state index is 0.658. The monoisotopic (exact) mass is 168 g/mol. The second kappa shape index (κ2) is 3.99. The van der Waals surface area contributed by atoms with Crippen molar-refractivity contribution in [2.75, 3.05) is 23.7 Å². The Morgan fingerprint density at radius 3 is 2.75 bits per heavy atom. The van der Waals surface area contributed by atoms with E-state index < -0.39 is 0 Å². The lowest BCUT2D eigenvalue weighted by molar-refractivity contribution is 0.793. The second-order valence-electron chi connectivity index (χ2n) is 2.75. The van der Waals surface area contributed by atoms with E-state index in [4.69, 9.17) is 5.73 Å². The molecule has 68 valence electrons. The molecule has 0 unspecified atom stereocenters. The molecule has 0 bridgehead atoms. The van der Waals surface area contributed by atoms with Gasteiger partial charge in [0.1, 0.15) is 5.82 Å². The predicted octanol–water partition coefficient (Wildman–Crippen LogP) is 1.23. The maximum Gasteiger partial charge on any atom is 0.142 e. The molecule has 0 aromatic carbocycles. The van der Waals surface area contributed by atoms with Crippen LogP contribution < -0.4 is 10.6 Å². The van der Waals surface area contributed by atoms with Gasteiger partial charge in [-0.1, -0.05) is 6.92 Å². The Labute approximate surface area is 72.8 Å². The molecule has 0 saturated heterocycles. The SMILES string of the molecule is CCCN(CC)c1cn[nH]c1N. The largest absolute Gasteiger partial charge is 0.382 e. The van der Waals surface area contributed by atoms with Crippen LogP contribution >= 0.6 is 0 Å². The lowest BCUT2D eigenvalue weighted by atomic mass is 10.3. The zero-order valence-corrected chi connectivity index (χ0v) is 7.67. The molecule has 12 heavy (non-hydrogen) atoms. The number of hydrogen-bond acceptors (Lipinski definition) is 3. The molecular weight excluding hydrogens is 152 g/mol. The molecule has 0 fully saturated rings. The number of nitrogen functional groups attached to an aromatic ring is 1. The van der Waals surface area contributed by atoms with Gasteiger partial charge >= 0.3 is 0 Å². The first-order valence-electron chi connectivity index (χ1n) is 4.33. The fourth-order valence-electron chi connectivity index (χ4n) is 1.26. The number of aromatic amines is 1. The summed E-state index contributed by atoms with van der Waals surface area (Å²) in [5.41, 5.74) is 6.70. The van der Waals surface area contributed by atoms with E-state index in [2.05, 4.69) is 28.9 Å². The molecule has 1 heterocycles. The highest BCUT2D eigenvalue weighted by Crippen LogP contribution is 2.19. The summed E-state index contributed by atoms with van der Waals surface area (Å²) in [6.45, 7) is 6.26. The van der Waals surface area contributed by atoms with E-state index in [1.54, 1.807) is 6.20 Å². The summed E-state index contributed by atoms with van der Waals surface area (Å²) < 4.78 is 0. The van der Waals surface area contributed by atoms with Gasteiger partial charge in [0.05, 0.1) is 11.9 Å². The maximum atomic E-state index is 5.69. The quantitative estimate of drug-likeness (QED) is 0.711. The van der Waals surface area contributed by atoms with E-state index >= 15 is 0 Å². The van der Waals surface area contributed by atoms with Crippen molar-refractivity contribution in [1.29, 1.82) is 0 Å². The number of rotatable bonds is 4. The van der Waals surface area contributed by atoms with Crippen molar-refractivity contribution >= 4 is 11.5 Å². The number of nitrogens with two attached hydrogens (primary N) is 1. The van der Waals surface area contributed by atoms with Gasteiger partial charge in [-0.05, 0) is 13.3 Å². The lowest BCUT2D eigenvalue weighted by Gasteiger charge is -2.20. The van der Waals surface area contributed by atoms with Gasteiger partial charge in [-0.25, -0.2) is 0 Å². The summed E-state index contributed by atoms with van der Waals surface area (Å²) in [5, 5.41) is 6.61. The molecule has 0 aliphatic carbocycles. The molecule has 0 saturated carbocycles. The summed E-state index contributed by atoms with van der Waals surface area (Å²) in [6, 6.07) is 0. The molecule has 1 aromatic heterocycles. The van der Waals surface area contributed by atoms with Crippen LogP contribution in [0.25, 0.3) is 0 Å². The third kappa shape index (κ3) is 1.69. The zero-order chi connectivity index (χ0) is 8.97. The summed E-state index contributed by atoms with van der Waals surface area (Å²) in [6.07, 6.45) is 2.90. The van der Waals surface area contributed by atoms with Gasteiger partial charge in [0.25, 0.3) is 0 Å². The van der Waals surface area contributed by atoms with Gasteiger partial charge in [-0.2, -0.15) is 5.10 Å². The Kier molecular flexibility index (Phi) is 2.96. The first-order valence-corrected chi connectivity index (χ1v) is 4.33. The second-order valence-corrected chi connectivity index (χ2v) is 2.75. The first kappa shape index (κ1) is 8.90. The van der Waals surface area contributed by atoms with Crippen LogP contribution in [0.2, 0.25) is 0 Å². The Bertz CT molecular complexity index is 231. The summed E-state index contributed by atoms with van der Waals surface area (Å²) in [4.78, 5) is 2.21. The minimum Gasteiger partial charge on any atom is -0.382 e. The van der Waals surface area contributed by atoms with Crippen LogP contribution in [0.4, 0.5) is 11.5 Å². The fourth-order valence-corrected chi connectivity index (χ4v) is 1.26. The van der Waals surface area contributed by atoms with Crippen LogP contribution in [0.15, 0.2) is 6.20 Å². The number of H-pyrrole nitrogens is 1. The highest BCUT2D eigenvalue weighted by Gasteiger charge is 2.07. The van der Waals surface area contributed by atoms with Crippen molar-refractivity contribution < 1.29 is 0 Å². The van der Waals surface area contributed by atoms with Crippen LogP contribution in [0, 0.1) is 0 Å². The van der Waals surface area contributed by atoms with Crippen molar-refractivity contribution in [3.8, 4) is 0 Å². The van der Waals surface area contributed by atoms with Gasteiger partial charge in [-0.3, -0.25) is 5.10 Å². The molecule has 1 aromatic rings. The van der Waals surface area contributed by atoms with Gasteiger partial charge in [0.15, 0.2) is 0 Å². The molecule has 0 aliphatic heterocycles. The van der Waals surface area contributed by atoms with Crippen LogP contribution in [-0.4, -0.2) is 23.3 Å². The molecule has 0 spiro atoms. The smallest absolute Gasteiger partial charge is 0.142 e. The molecule has 4 nitrogen and oxygen atoms in total. The van der Waals surface area contributed by atoms with Crippen molar-refractivity contribution in [3.63, 3.8) is 0 Å². The van der Waals surface area contributed by atoms with E-state index in [0.717, 1.165) is 25.2 Å². The average Bonchev–Trinajstić information content (AvgIpc) is 2.47. The van der Waals surface area contributed by atoms with Gasteiger partial charge in [0, 0.05) is 13.1 Å². The molecule has 3 N–H and O–H groups in total. The first-order chi connectivity index (χ1) is 5.79. The Hall–Kier alpha value is -1.19. The van der Waals surface area contributed by atoms with Crippen molar-refractivity contribution in [1.82, 2.24) is 10.2 Å². The Balaban J connectivity index is 2.72. The number of anilines is 2. The van der Waals surface area contributed by atoms with Crippen molar-refractivity contribution in [3.05, 3.63) is 6.20 Å². The molecule has 0 radical (unpaired) electrons. The Morgan fingerprint density at radius 1 is 1.58 bits per heavy atom.